The first-order chi connectivity index (χ1) is 13.4. The van der Waals surface area contributed by atoms with Crippen LogP contribution >= 0.6 is 15.9 Å². The Balaban J connectivity index is 1.61. The fourth-order valence-corrected chi connectivity index (χ4v) is 5.59. The minimum atomic E-state index is -3.55. The van der Waals surface area contributed by atoms with Gasteiger partial charge in [0.25, 0.3) is 10.2 Å². The van der Waals surface area contributed by atoms with E-state index in [4.69, 9.17) is 9.47 Å². The van der Waals surface area contributed by atoms with E-state index in [1.165, 1.54) is 8.61 Å². The molecule has 10 heteroatoms. The van der Waals surface area contributed by atoms with E-state index < -0.39 is 10.2 Å². The van der Waals surface area contributed by atoms with Crippen molar-refractivity contribution in [2.45, 2.75) is 19.4 Å². The molecule has 2 heterocycles. The third kappa shape index (κ3) is 5.04. The van der Waals surface area contributed by atoms with Crippen molar-refractivity contribution >= 4 is 32.0 Å². The van der Waals surface area contributed by atoms with E-state index in [1.54, 1.807) is 7.11 Å². The molecule has 28 heavy (non-hydrogen) atoms. The van der Waals surface area contributed by atoms with Crippen molar-refractivity contribution in [1.29, 1.82) is 0 Å². The summed E-state index contributed by atoms with van der Waals surface area (Å²) in [4.78, 5) is 12.7. The fourth-order valence-electron chi connectivity index (χ4n) is 3.52. The number of nitrogens with one attached hydrogen (secondary N) is 1. The van der Waals surface area contributed by atoms with Gasteiger partial charge >= 0.3 is 0 Å². The van der Waals surface area contributed by atoms with Gasteiger partial charge in [-0.1, -0.05) is 15.9 Å². The molecule has 0 unspecified atom stereocenters. The second-order valence-corrected chi connectivity index (χ2v) is 9.73. The highest BCUT2D eigenvalue weighted by molar-refractivity contribution is 9.10. The molecule has 0 radical (unpaired) electrons. The molecule has 1 atom stereocenters. The first kappa shape index (κ1) is 21.5. The van der Waals surface area contributed by atoms with Crippen molar-refractivity contribution in [1.82, 2.24) is 13.9 Å². The minimum Gasteiger partial charge on any atom is -0.496 e. The molecular weight excluding hydrogens is 450 g/mol. The van der Waals surface area contributed by atoms with Crippen molar-refractivity contribution in [2.24, 2.45) is 5.92 Å². The van der Waals surface area contributed by atoms with Crippen molar-refractivity contribution in [3.63, 3.8) is 0 Å². The summed E-state index contributed by atoms with van der Waals surface area (Å²) in [6.45, 7) is 2.52. The molecule has 0 saturated carbocycles. The number of methoxy groups -OCH3 is 1. The van der Waals surface area contributed by atoms with Gasteiger partial charge in [-0.25, -0.2) is 0 Å². The third-order valence-electron chi connectivity index (χ3n) is 5.07. The molecule has 2 fully saturated rings. The Bertz CT molecular complexity index is 798. The van der Waals surface area contributed by atoms with Crippen LogP contribution in [0, 0.1) is 5.92 Å². The number of hydrogen-bond donors (Lipinski definition) is 1. The van der Waals surface area contributed by atoms with Crippen LogP contribution < -0.4 is 10.1 Å². The number of amides is 1. The lowest BCUT2D eigenvalue weighted by Crippen LogP contribution is -2.52. The number of nitrogens with zero attached hydrogens (tertiary/aromatic N) is 2. The number of ether oxygens (including phenoxy) is 2. The van der Waals surface area contributed by atoms with Crippen LogP contribution in [0.2, 0.25) is 0 Å². The van der Waals surface area contributed by atoms with E-state index in [0.29, 0.717) is 58.0 Å². The number of carbonyl (C=O) groups is 1. The third-order valence-corrected chi connectivity index (χ3v) is 7.57. The second-order valence-electron chi connectivity index (χ2n) is 6.89. The van der Waals surface area contributed by atoms with Crippen LogP contribution in [0.4, 0.5) is 0 Å². The van der Waals surface area contributed by atoms with Crippen LogP contribution in [0.15, 0.2) is 22.7 Å². The van der Waals surface area contributed by atoms with Crippen molar-refractivity contribution in [3.8, 4) is 5.75 Å². The zero-order chi connectivity index (χ0) is 20.1. The second kappa shape index (κ2) is 9.53. The lowest BCUT2D eigenvalue weighted by atomic mass is 9.98. The van der Waals surface area contributed by atoms with Gasteiger partial charge in [-0.15, -0.1) is 0 Å². The molecule has 3 rings (SSSR count). The molecule has 1 aromatic rings. The number of rotatable bonds is 6. The van der Waals surface area contributed by atoms with Crippen LogP contribution in [0.1, 0.15) is 18.4 Å². The summed E-state index contributed by atoms with van der Waals surface area (Å²) in [5.41, 5.74) is 0.860. The average molecular weight is 476 g/mol. The number of morpholine rings is 1. The summed E-state index contributed by atoms with van der Waals surface area (Å²) in [6, 6.07) is 5.61. The first-order valence-electron chi connectivity index (χ1n) is 9.35. The Morgan fingerprint density at radius 1 is 1.29 bits per heavy atom. The molecule has 8 nitrogen and oxygen atoms in total. The number of piperidine rings is 1. The zero-order valence-electron chi connectivity index (χ0n) is 15.9. The van der Waals surface area contributed by atoms with Crippen LogP contribution in [-0.4, -0.2) is 69.4 Å². The van der Waals surface area contributed by atoms with E-state index in [2.05, 4.69) is 21.2 Å². The molecule has 0 aromatic heterocycles. The maximum Gasteiger partial charge on any atom is 0.282 e. The Morgan fingerprint density at radius 3 is 2.75 bits per heavy atom. The quantitative estimate of drug-likeness (QED) is 0.670. The van der Waals surface area contributed by atoms with Gasteiger partial charge in [0.1, 0.15) is 5.75 Å². The normalized spacial score (nSPS) is 22.0. The Morgan fingerprint density at radius 2 is 2.04 bits per heavy atom. The topological polar surface area (TPSA) is 88.2 Å². The SMILES string of the molecule is COc1ccc(Br)cc1CNC(=O)[C@@H]1CCCN(S(=O)(=O)N2CCOCC2)C1. The van der Waals surface area contributed by atoms with Crippen LogP contribution in [0.3, 0.4) is 0 Å². The molecule has 2 aliphatic rings. The highest BCUT2D eigenvalue weighted by Gasteiger charge is 2.36. The average Bonchev–Trinajstić information content (AvgIpc) is 2.73. The number of hydrogen-bond acceptors (Lipinski definition) is 5. The lowest BCUT2D eigenvalue weighted by molar-refractivity contribution is -0.126. The van der Waals surface area contributed by atoms with Gasteiger partial charge < -0.3 is 14.8 Å². The molecule has 1 N–H and O–H groups in total. The summed E-state index contributed by atoms with van der Waals surface area (Å²) < 4.78 is 40.1. The Kier molecular flexibility index (Phi) is 7.32. The van der Waals surface area contributed by atoms with Gasteiger partial charge in [-0.3, -0.25) is 4.79 Å². The summed E-state index contributed by atoms with van der Waals surface area (Å²) in [5, 5.41) is 2.93. The van der Waals surface area contributed by atoms with Crippen molar-refractivity contribution in [3.05, 3.63) is 28.2 Å². The van der Waals surface area contributed by atoms with E-state index in [0.717, 1.165) is 10.0 Å². The van der Waals surface area contributed by atoms with Gasteiger partial charge in [-0.05, 0) is 31.0 Å². The summed E-state index contributed by atoms with van der Waals surface area (Å²) >= 11 is 3.42. The smallest absolute Gasteiger partial charge is 0.282 e. The molecule has 1 aromatic carbocycles. The summed E-state index contributed by atoms with van der Waals surface area (Å²) in [5.74, 6) is 0.204. The lowest BCUT2D eigenvalue weighted by Gasteiger charge is -2.36. The maximum absolute atomic E-state index is 12.9. The van der Waals surface area contributed by atoms with Crippen molar-refractivity contribution in [2.75, 3.05) is 46.5 Å². The van der Waals surface area contributed by atoms with Gasteiger partial charge in [0.2, 0.25) is 5.91 Å². The van der Waals surface area contributed by atoms with Gasteiger partial charge in [0, 0.05) is 42.8 Å². The first-order valence-corrected chi connectivity index (χ1v) is 11.5. The highest BCUT2D eigenvalue weighted by atomic mass is 79.9. The standard InChI is InChI=1S/C18H26BrN3O5S/c1-26-17-5-4-16(19)11-15(17)12-20-18(23)14-3-2-6-22(13-14)28(24,25)21-7-9-27-10-8-21/h4-5,11,14H,2-3,6-10,12-13H2,1H3,(H,20,23)/t14-/m1/s1. The monoisotopic (exact) mass is 475 g/mol. The number of halogens is 1. The van der Waals surface area contributed by atoms with E-state index in [1.807, 2.05) is 18.2 Å². The molecule has 2 saturated heterocycles. The zero-order valence-corrected chi connectivity index (χ0v) is 18.3. The molecule has 0 aliphatic carbocycles. The van der Waals surface area contributed by atoms with Gasteiger partial charge in [0.15, 0.2) is 0 Å². The predicted molar refractivity (Wildman–Crippen MR) is 108 cm³/mol. The number of benzene rings is 1. The molecular formula is C18H26BrN3O5S. The molecule has 2 aliphatic heterocycles. The maximum atomic E-state index is 12.9. The predicted octanol–water partition coefficient (Wildman–Crippen LogP) is 1.36. The summed E-state index contributed by atoms with van der Waals surface area (Å²) in [6.07, 6.45) is 1.35. The largest absolute Gasteiger partial charge is 0.496 e. The highest BCUT2D eigenvalue weighted by Crippen LogP contribution is 2.24. The van der Waals surface area contributed by atoms with E-state index in [-0.39, 0.29) is 18.4 Å². The number of carbonyl (C=O) groups excluding carboxylic acids is 1. The fraction of sp³-hybridized carbons (Fsp3) is 0.611. The van der Waals surface area contributed by atoms with Gasteiger partial charge in [0.05, 0.1) is 26.2 Å². The molecule has 156 valence electrons. The summed E-state index contributed by atoms with van der Waals surface area (Å²) in [7, 11) is -1.97. The van der Waals surface area contributed by atoms with Crippen LogP contribution in [0.25, 0.3) is 0 Å². The van der Waals surface area contributed by atoms with Gasteiger partial charge in [-0.2, -0.15) is 17.0 Å². The van der Waals surface area contributed by atoms with Crippen LogP contribution in [-0.2, 0) is 26.3 Å². The Labute approximate surface area is 174 Å². The minimum absolute atomic E-state index is 0.135. The molecule has 0 bridgehead atoms. The van der Waals surface area contributed by atoms with Crippen LogP contribution in [0.5, 0.6) is 5.75 Å². The molecule has 0 spiro atoms. The van der Waals surface area contributed by atoms with E-state index >= 15 is 0 Å². The van der Waals surface area contributed by atoms with Crippen molar-refractivity contribution < 1.29 is 22.7 Å². The molecule has 1 amide bonds. The Hall–Kier alpha value is -1.20. The van der Waals surface area contributed by atoms with E-state index in [9.17, 15) is 13.2 Å².